The summed E-state index contributed by atoms with van der Waals surface area (Å²) >= 11 is 0. The Bertz CT molecular complexity index is 1060. The fourth-order valence-corrected chi connectivity index (χ4v) is 6.51. The van der Waals surface area contributed by atoms with Gasteiger partial charge in [0.15, 0.2) is 0 Å². The SMILES string of the molecule is CC/C=C\C/C=C\C/C=C\CCCCCCCCCC(=O)NC(COP(=O)(O)OCC[N+](C)(C)C)C(O)/C=C/CC/C=C/CCCCCCCCCCC. The predicted octanol–water partition coefficient (Wildman–Crippen LogP) is 11.9. The number of hydrogen-bond donors (Lipinski definition) is 3. The minimum absolute atomic E-state index is 0.0515. The van der Waals surface area contributed by atoms with E-state index in [4.69, 9.17) is 9.05 Å². The first-order valence-corrected chi connectivity index (χ1v) is 23.2. The van der Waals surface area contributed by atoms with Gasteiger partial charge < -0.3 is 19.8 Å². The van der Waals surface area contributed by atoms with Gasteiger partial charge in [0.25, 0.3) is 0 Å². The third-order valence-corrected chi connectivity index (χ3v) is 10.2. The molecule has 0 heterocycles. The Morgan fingerprint density at radius 3 is 1.70 bits per heavy atom. The Labute approximate surface area is 332 Å². The number of allylic oxidation sites excluding steroid dienone is 9. The highest BCUT2D eigenvalue weighted by Crippen LogP contribution is 2.43. The Balaban J connectivity index is 4.52. The van der Waals surface area contributed by atoms with Crippen molar-refractivity contribution in [2.24, 2.45) is 0 Å². The Morgan fingerprint density at radius 1 is 0.648 bits per heavy atom. The van der Waals surface area contributed by atoms with Crippen molar-refractivity contribution < 1.29 is 32.9 Å². The van der Waals surface area contributed by atoms with Crippen molar-refractivity contribution in [3.05, 3.63) is 60.8 Å². The molecule has 8 nitrogen and oxygen atoms in total. The number of nitrogens with zero attached hydrogens (tertiary/aromatic N) is 1. The molecule has 0 radical (unpaired) electrons. The van der Waals surface area contributed by atoms with Crippen LogP contribution in [0.1, 0.15) is 168 Å². The summed E-state index contributed by atoms with van der Waals surface area (Å²) in [6, 6.07) is -0.869. The summed E-state index contributed by atoms with van der Waals surface area (Å²) in [6.45, 7) is 4.65. The van der Waals surface area contributed by atoms with Crippen LogP contribution in [0.3, 0.4) is 0 Å². The number of carbonyl (C=O) groups is 1. The average molecular weight is 780 g/mol. The van der Waals surface area contributed by atoms with Gasteiger partial charge in [0.2, 0.25) is 5.91 Å². The monoisotopic (exact) mass is 780 g/mol. The fraction of sp³-hybridized carbons (Fsp3) is 0.756. The first kappa shape index (κ1) is 52.2. The zero-order valence-electron chi connectivity index (χ0n) is 35.4. The number of phosphoric acid groups is 1. The number of unbranched alkanes of at least 4 members (excludes halogenated alkanes) is 17. The summed E-state index contributed by atoms with van der Waals surface area (Å²) in [6.07, 6.45) is 47.1. The van der Waals surface area contributed by atoms with E-state index in [1.807, 2.05) is 27.2 Å². The topological polar surface area (TPSA) is 105 Å². The van der Waals surface area contributed by atoms with Gasteiger partial charge in [0.05, 0.1) is 39.9 Å². The molecule has 0 saturated carbocycles. The molecule has 9 heteroatoms. The minimum atomic E-state index is -4.35. The summed E-state index contributed by atoms with van der Waals surface area (Å²) < 4.78 is 23.5. The number of hydrogen-bond acceptors (Lipinski definition) is 5. The molecule has 0 aliphatic carbocycles. The van der Waals surface area contributed by atoms with E-state index in [9.17, 15) is 19.4 Å². The highest BCUT2D eigenvalue weighted by atomic mass is 31.2. The van der Waals surface area contributed by atoms with Gasteiger partial charge in [-0.1, -0.05) is 158 Å². The van der Waals surface area contributed by atoms with Crippen molar-refractivity contribution in [1.82, 2.24) is 5.32 Å². The van der Waals surface area contributed by atoms with Crippen LogP contribution in [0.2, 0.25) is 0 Å². The lowest BCUT2D eigenvalue weighted by molar-refractivity contribution is -0.870. The molecule has 314 valence electrons. The lowest BCUT2D eigenvalue weighted by Gasteiger charge is -2.25. The highest BCUT2D eigenvalue weighted by Gasteiger charge is 2.27. The molecule has 0 rings (SSSR count). The summed E-state index contributed by atoms with van der Waals surface area (Å²) in [4.78, 5) is 23.1. The van der Waals surface area contributed by atoms with Gasteiger partial charge in [-0.2, -0.15) is 0 Å². The van der Waals surface area contributed by atoms with Gasteiger partial charge >= 0.3 is 7.82 Å². The molecule has 3 unspecified atom stereocenters. The molecule has 0 saturated heterocycles. The van der Waals surface area contributed by atoms with Crippen LogP contribution in [0.4, 0.5) is 0 Å². The van der Waals surface area contributed by atoms with E-state index in [1.54, 1.807) is 6.08 Å². The first-order valence-electron chi connectivity index (χ1n) is 21.7. The van der Waals surface area contributed by atoms with Gasteiger partial charge in [0.1, 0.15) is 13.2 Å². The number of phosphoric ester groups is 1. The molecule has 0 bridgehead atoms. The second kappa shape index (κ2) is 36.8. The third kappa shape index (κ3) is 38.5. The quantitative estimate of drug-likeness (QED) is 0.0249. The number of rotatable bonds is 38. The van der Waals surface area contributed by atoms with Crippen molar-refractivity contribution in [1.29, 1.82) is 0 Å². The molecule has 54 heavy (non-hydrogen) atoms. The molecule has 0 aliphatic rings. The molecular formula is C45H84N2O6P+. The number of likely N-dealkylation sites (N-methyl/N-ethyl adjacent to an activating group) is 1. The number of aliphatic hydroxyl groups excluding tert-OH is 1. The minimum Gasteiger partial charge on any atom is -0.387 e. The largest absolute Gasteiger partial charge is 0.472 e. The second-order valence-corrected chi connectivity index (χ2v) is 17.1. The predicted molar refractivity (Wildman–Crippen MR) is 230 cm³/mol. The number of amides is 1. The van der Waals surface area contributed by atoms with E-state index in [0.29, 0.717) is 17.4 Å². The molecule has 0 fully saturated rings. The lowest BCUT2D eigenvalue weighted by atomic mass is 10.1. The van der Waals surface area contributed by atoms with E-state index in [-0.39, 0.29) is 19.1 Å². The summed E-state index contributed by atoms with van der Waals surface area (Å²) in [5.41, 5.74) is 0. The molecule has 0 aliphatic heterocycles. The molecule has 3 atom stereocenters. The van der Waals surface area contributed by atoms with Gasteiger partial charge in [-0.3, -0.25) is 13.8 Å². The molecular weight excluding hydrogens is 695 g/mol. The first-order chi connectivity index (χ1) is 26.0. The number of nitrogens with one attached hydrogen (secondary N) is 1. The van der Waals surface area contributed by atoms with Gasteiger partial charge in [-0.25, -0.2) is 4.57 Å². The summed E-state index contributed by atoms with van der Waals surface area (Å²) in [7, 11) is 1.54. The van der Waals surface area contributed by atoms with Crippen LogP contribution < -0.4 is 5.32 Å². The van der Waals surface area contributed by atoms with E-state index in [1.165, 1.54) is 77.0 Å². The normalized spacial score (nSPS) is 15.0. The number of quaternary nitrogens is 1. The smallest absolute Gasteiger partial charge is 0.387 e. The van der Waals surface area contributed by atoms with E-state index >= 15 is 0 Å². The van der Waals surface area contributed by atoms with Crippen LogP contribution in [0.5, 0.6) is 0 Å². The Morgan fingerprint density at radius 2 is 1.13 bits per heavy atom. The Kier molecular flexibility index (Phi) is 35.6. The average Bonchev–Trinajstić information content (AvgIpc) is 3.12. The zero-order chi connectivity index (χ0) is 40.0. The third-order valence-electron chi connectivity index (χ3n) is 9.22. The maximum Gasteiger partial charge on any atom is 0.472 e. The highest BCUT2D eigenvalue weighted by molar-refractivity contribution is 7.47. The molecule has 0 spiro atoms. The van der Waals surface area contributed by atoms with Crippen molar-refractivity contribution >= 4 is 13.7 Å². The van der Waals surface area contributed by atoms with E-state index in [2.05, 4.69) is 67.8 Å². The Hall–Kier alpha value is -1.80. The van der Waals surface area contributed by atoms with Crippen molar-refractivity contribution in [3.63, 3.8) is 0 Å². The van der Waals surface area contributed by atoms with Gasteiger partial charge in [0, 0.05) is 6.42 Å². The van der Waals surface area contributed by atoms with Crippen molar-refractivity contribution in [2.75, 3.05) is 40.9 Å². The molecule has 3 N–H and O–H groups in total. The number of carbonyl (C=O) groups excluding carboxylic acids is 1. The molecule has 1 amide bonds. The lowest BCUT2D eigenvalue weighted by Crippen LogP contribution is -2.45. The standard InChI is InChI=1S/C45H83N2O6P/c1-6-8-10-12-14-16-18-20-22-23-25-27-29-31-33-35-37-39-45(49)46-43(42-53-54(50,51)52-41-40-47(3,4)5)44(48)38-36-34-32-30-28-26-24-21-19-17-15-13-11-9-7-2/h8,10,14,16,20,22,28,30,36,38,43-44,48H,6-7,9,11-13,15,17-19,21,23-27,29,31-35,37,39-42H2,1-5H3,(H-,46,49,50,51)/p+1/b10-8-,16-14-,22-20-,30-28+,38-36+. The molecule has 0 aromatic carbocycles. The maximum absolute atomic E-state index is 12.8. The van der Waals surface area contributed by atoms with Crippen LogP contribution in [0, 0.1) is 0 Å². The van der Waals surface area contributed by atoms with Crippen molar-refractivity contribution in [2.45, 2.75) is 180 Å². The summed E-state index contributed by atoms with van der Waals surface area (Å²) in [5, 5.41) is 13.8. The number of aliphatic hydroxyl groups is 1. The van der Waals surface area contributed by atoms with E-state index < -0.39 is 20.0 Å². The second-order valence-electron chi connectivity index (χ2n) is 15.7. The van der Waals surface area contributed by atoms with E-state index in [0.717, 1.165) is 70.6 Å². The van der Waals surface area contributed by atoms with Crippen LogP contribution >= 0.6 is 7.82 Å². The van der Waals surface area contributed by atoms with Crippen LogP contribution in [-0.2, 0) is 18.4 Å². The van der Waals surface area contributed by atoms with Crippen LogP contribution in [0.15, 0.2) is 60.8 Å². The van der Waals surface area contributed by atoms with Gasteiger partial charge in [-0.05, 0) is 64.2 Å². The van der Waals surface area contributed by atoms with Crippen LogP contribution in [0.25, 0.3) is 0 Å². The zero-order valence-corrected chi connectivity index (χ0v) is 36.3. The summed E-state index contributed by atoms with van der Waals surface area (Å²) in [5.74, 6) is -0.201. The van der Waals surface area contributed by atoms with Crippen molar-refractivity contribution in [3.8, 4) is 0 Å². The van der Waals surface area contributed by atoms with Gasteiger partial charge in [-0.15, -0.1) is 0 Å². The molecule has 0 aromatic heterocycles. The maximum atomic E-state index is 12.8. The molecule has 0 aromatic rings. The fourth-order valence-electron chi connectivity index (χ4n) is 5.78. The van der Waals surface area contributed by atoms with Crippen LogP contribution in [-0.4, -0.2) is 73.4 Å².